The number of nitrogens with one attached hydrogen (secondary N) is 1. The van der Waals surface area contributed by atoms with E-state index in [1.165, 1.54) is 0 Å². The predicted octanol–water partition coefficient (Wildman–Crippen LogP) is 0.850. The van der Waals surface area contributed by atoms with Crippen LogP contribution in [0.2, 0.25) is 0 Å². The van der Waals surface area contributed by atoms with E-state index in [1.807, 2.05) is 6.92 Å². The first-order chi connectivity index (χ1) is 7.13. The molecule has 0 rings (SSSR count). The van der Waals surface area contributed by atoms with Crippen LogP contribution in [0, 0.1) is 5.41 Å². The lowest BCUT2D eigenvalue weighted by Crippen LogP contribution is -2.44. The molecule has 4 nitrogen and oxygen atoms in total. The molecule has 2 unspecified atom stereocenters. The van der Waals surface area contributed by atoms with E-state index < -0.39 is 6.10 Å². The van der Waals surface area contributed by atoms with Gasteiger partial charge in [-0.25, -0.2) is 0 Å². The number of hydrogen-bond acceptors (Lipinski definition) is 3. The van der Waals surface area contributed by atoms with Gasteiger partial charge in [-0.15, -0.1) is 0 Å². The Bertz CT molecular complexity index is 222. The highest BCUT2D eigenvalue weighted by molar-refractivity contribution is 5.80. The molecule has 0 aliphatic carbocycles. The van der Waals surface area contributed by atoms with Crippen molar-refractivity contribution in [1.82, 2.24) is 10.2 Å². The van der Waals surface area contributed by atoms with Gasteiger partial charge in [0.05, 0.1) is 12.1 Å². The fraction of sp³-hybridized carbons (Fsp3) is 0.917. The molecular weight excluding hydrogens is 204 g/mol. The number of aliphatic hydroxyl groups excluding tert-OH is 1. The van der Waals surface area contributed by atoms with Gasteiger partial charge in [0, 0.05) is 20.6 Å². The van der Waals surface area contributed by atoms with Gasteiger partial charge in [0.15, 0.2) is 0 Å². The zero-order chi connectivity index (χ0) is 12.9. The third-order valence-electron chi connectivity index (χ3n) is 2.32. The van der Waals surface area contributed by atoms with E-state index in [2.05, 4.69) is 26.1 Å². The molecule has 2 N–H and O–H groups in total. The SMILES string of the molecule is CC(NCC(O)CC(C)(C)C)C(=O)N(C)C. The van der Waals surface area contributed by atoms with E-state index >= 15 is 0 Å². The van der Waals surface area contributed by atoms with Crippen molar-refractivity contribution >= 4 is 5.91 Å². The topological polar surface area (TPSA) is 52.6 Å². The maximum absolute atomic E-state index is 11.5. The molecule has 2 atom stereocenters. The van der Waals surface area contributed by atoms with Crippen molar-refractivity contribution in [3.8, 4) is 0 Å². The standard InChI is InChI=1S/C12H26N2O2/c1-9(11(16)14(5)6)13-8-10(15)7-12(2,3)4/h9-10,13,15H,7-8H2,1-6H3. The molecular formula is C12H26N2O2. The summed E-state index contributed by atoms with van der Waals surface area (Å²) in [5, 5.41) is 12.8. The van der Waals surface area contributed by atoms with Gasteiger partial charge >= 0.3 is 0 Å². The summed E-state index contributed by atoms with van der Waals surface area (Å²) in [6.45, 7) is 8.53. The van der Waals surface area contributed by atoms with Gasteiger partial charge < -0.3 is 15.3 Å². The first kappa shape index (κ1) is 15.4. The maximum atomic E-state index is 11.5. The van der Waals surface area contributed by atoms with Crippen molar-refractivity contribution in [3.05, 3.63) is 0 Å². The molecule has 0 aliphatic heterocycles. The molecule has 0 heterocycles. The Morgan fingerprint density at radius 1 is 1.38 bits per heavy atom. The number of carbonyl (C=O) groups excluding carboxylic acids is 1. The summed E-state index contributed by atoms with van der Waals surface area (Å²) >= 11 is 0. The molecule has 16 heavy (non-hydrogen) atoms. The van der Waals surface area contributed by atoms with Crippen LogP contribution < -0.4 is 5.32 Å². The molecule has 0 saturated carbocycles. The molecule has 0 spiro atoms. The Hall–Kier alpha value is -0.610. The van der Waals surface area contributed by atoms with Crippen LogP contribution in [-0.4, -0.2) is 48.7 Å². The summed E-state index contributed by atoms with van der Waals surface area (Å²) < 4.78 is 0. The van der Waals surface area contributed by atoms with E-state index in [-0.39, 0.29) is 17.4 Å². The highest BCUT2D eigenvalue weighted by Gasteiger charge is 2.19. The summed E-state index contributed by atoms with van der Waals surface area (Å²) in [6.07, 6.45) is 0.320. The van der Waals surface area contributed by atoms with E-state index in [9.17, 15) is 9.90 Å². The average Bonchev–Trinajstić information content (AvgIpc) is 2.09. The molecule has 0 aromatic carbocycles. The molecule has 0 fully saturated rings. The zero-order valence-corrected chi connectivity index (χ0v) is 11.4. The molecule has 0 saturated heterocycles. The Labute approximate surface area is 99.0 Å². The molecule has 0 bridgehead atoms. The van der Waals surface area contributed by atoms with Crippen molar-refractivity contribution in [2.75, 3.05) is 20.6 Å². The second-order valence-electron chi connectivity index (χ2n) is 5.78. The normalized spacial score (nSPS) is 15.7. The minimum absolute atomic E-state index is 0.0305. The Morgan fingerprint density at radius 3 is 2.25 bits per heavy atom. The molecule has 0 aromatic rings. The van der Waals surface area contributed by atoms with Gasteiger partial charge in [-0.3, -0.25) is 4.79 Å². The third kappa shape index (κ3) is 6.80. The van der Waals surface area contributed by atoms with Crippen LogP contribution in [0.1, 0.15) is 34.1 Å². The van der Waals surface area contributed by atoms with Gasteiger partial charge in [0.2, 0.25) is 5.91 Å². The van der Waals surface area contributed by atoms with E-state index in [4.69, 9.17) is 0 Å². The number of amides is 1. The summed E-state index contributed by atoms with van der Waals surface area (Å²) in [4.78, 5) is 13.1. The predicted molar refractivity (Wildman–Crippen MR) is 66.2 cm³/mol. The summed E-state index contributed by atoms with van der Waals surface area (Å²) in [5.74, 6) is 0.0305. The van der Waals surface area contributed by atoms with Crippen molar-refractivity contribution in [1.29, 1.82) is 0 Å². The number of rotatable bonds is 5. The number of likely N-dealkylation sites (N-methyl/N-ethyl adjacent to an activating group) is 1. The van der Waals surface area contributed by atoms with Crippen LogP contribution in [-0.2, 0) is 4.79 Å². The minimum atomic E-state index is -0.405. The van der Waals surface area contributed by atoms with Crippen molar-refractivity contribution in [3.63, 3.8) is 0 Å². The van der Waals surface area contributed by atoms with E-state index in [0.29, 0.717) is 6.54 Å². The lowest BCUT2D eigenvalue weighted by Gasteiger charge is -2.24. The van der Waals surface area contributed by atoms with E-state index in [1.54, 1.807) is 19.0 Å². The van der Waals surface area contributed by atoms with Crippen molar-refractivity contribution in [2.45, 2.75) is 46.3 Å². The highest BCUT2D eigenvalue weighted by Crippen LogP contribution is 2.20. The molecule has 0 aliphatic rings. The fourth-order valence-corrected chi connectivity index (χ4v) is 1.57. The zero-order valence-electron chi connectivity index (χ0n) is 11.4. The molecule has 0 aromatic heterocycles. The number of nitrogens with zero attached hydrogens (tertiary/aromatic N) is 1. The summed E-state index contributed by atoms with van der Waals surface area (Å²) in [7, 11) is 3.46. The van der Waals surface area contributed by atoms with Crippen LogP contribution >= 0.6 is 0 Å². The highest BCUT2D eigenvalue weighted by atomic mass is 16.3. The molecule has 1 amide bonds. The van der Waals surface area contributed by atoms with Gasteiger partial charge in [0.25, 0.3) is 0 Å². The van der Waals surface area contributed by atoms with Crippen LogP contribution in [0.4, 0.5) is 0 Å². The van der Waals surface area contributed by atoms with Crippen LogP contribution in [0.15, 0.2) is 0 Å². The van der Waals surface area contributed by atoms with E-state index in [0.717, 1.165) is 6.42 Å². The minimum Gasteiger partial charge on any atom is -0.392 e. The number of aliphatic hydroxyl groups is 1. The monoisotopic (exact) mass is 230 g/mol. The Morgan fingerprint density at radius 2 is 1.88 bits per heavy atom. The fourth-order valence-electron chi connectivity index (χ4n) is 1.57. The maximum Gasteiger partial charge on any atom is 0.238 e. The van der Waals surface area contributed by atoms with Gasteiger partial charge in [-0.1, -0.05) is 20.8 Å². The lowest BCUT2D eigenvalue weighted by molar-refractivity contribution is -0.130. The third-order valence-corrected chi connectivity index (χ3v) is 2.32. The summed E-state index contributed by atoms with van der Waals surface area (Å²) in [6, 6.07) is -0.246. The van der Waals surface area contributed by atoms with Gasteiger partial charge in [-0.2, -0.15) is 0 Å². The van der Waals surface area contributed by atoms with Gasteiger partial charge in [0.1, 0.15) is 0 Å². The molecule has 0 radical (unpaired) electrons. The Balaban J connectivity index is 3.92. The second kappa shape index (κ2) is 6.21. The number of carbonyl (C=O) groups is 1. The molecule has 96 valence electrons. The van der Waals surface area contributed by atoms with Crippen molar-refractivity contribution < 1.29 is 9.90 Å². The second-order valence-corrected chi connectivity index (χ2v) is 5.78. The lowest BCUT2D eigenvalue weighted by atomic mass is 9.89. The average molecular weight is 230 g/mol. The quantitative estimate of drug-likeness (QED) is 0.736. The smallest absolute Gasteiger partial charge is 0.238 e. The largest absolute Gasteiger partial charge is 0.392 e. The van der Waals surface area contributed by atoms with Crippen LogP contribution in [0.25, 0.3) is 0 Å². The van der Waals surface area contributed by atoms with Crippen molar-refractivity contribution in [2.24, 2.45) is 5.41 Å². The van der Waals surface area contributed by atoms with Crippen LogP contribution in [0.5, 0.6) is 0 Å². The Kier molecular flexibility index (Phi) is 5.97. The number of hydrogen-bond donors (Lipinski definition) is 2. The van der Waals surface area contributed by atoms with Gasteiger partial charge in [-0.05, 0) is 18.8 Å². The van der Waals surface area contributed by atoms with Crippen LogP contribution in [0.3, 0.4) is 0 Å². The first-order valence-corrected chi connectivity index (χ1v) is 5.76. The summed E-state index contributed by atoms with van der Waals surface area (Å²) in [5.41, 5.74) is 0.107. The molecule has 4 heteroatoms. The first-order valence-electron chi connectivity index (χ1n) is 5.76.